The molecule has 0 aliphatic rings. The highest BCUT2D eigenvalue weighted by Crippen LogP contribution is 2.11. The van der Waals surface area contributed by atoms with Gasteiger partial charge in [-0.25, -0.2) is 0 Å². The highest BCUT2D eigenvalue weighted by atomic mass is 32.2. The number of hydrogen-bond acceptors (Lipinski definition) is 3. The molecule has 1 amide bonds. The van der Waals surface area contributed by atoms with E-state index in [1.54, 1.807) is 6.07 Å². The van der Waals surface area contributed by atoms with Crippen molar-refractivity contribution in [3.05, 3.63) is 53.3 Å². The fourth-order valence-electron chi connectivity index (χ4n) is 1.95. The van der Waals surface area contributed by atoms with Gasteiger partial charge in [0.2, 0.25) is 0 Å². The van der Waals surface area contributed by atoms with Crippen LogP contribution in [0.5, 0.6) is 0 Å². The number of rotatable bonds is 7. The van der Waals surface area contributed by atoms with Crippen LogP contribution < -0.4 is 5.32 Å². The Hall–Kier alpha value is -1.95. The Bertz CT molecular complexity index is 638. The summed E-state index contributed by atoms with van der Waals surface area (Å²) >= 11 is 0. The number of aromatic amines is 1. The zero-order valence-corrected chi connectivity index (χ0v) is 13.7. The van der Waals surface area contributed by atoms with Crippen LogP contribution in [0.25, 0.3) is 0 Å². The van der Waals surface area contributed by atoms with Crippen LogP contribution in [-0.4, -0.2) is 32.6 Å². The second kappa shape index (κ2) is 7.89. The van der Waals surface area contributed by atoms with Gasteiger partial charge in [-0.15, -0.1) is 0 Å². The van der Waals surface area contributed by atoms with E-state index in [1.807, 2.05) is 44.2 Å². The molecule has 2 N–H and O–H groups in total. The van der Waals surface area contributed by atoms with Crippen molar-refractivity contribution in [2.24, 2.45) is 0 Å². The van der Waals surface area contributed by atoms with Gasteiger partial charge in [0.1, 0.15) is 5.69 Å². The second-order valence-electron chi connectivity index (χ2n) is 5.39. The number of carbonyl (C=O) groups excluding carboxylic acids is 1. The van der Waals surface area contributed by atoms with E-state index in [0.717, 1.165) is 11.3 Å². The molecule has 1 heterocycles. The molecule has 1 aromatic carbocycles. The molecule has 1 atom stereocenters. The molecule has 1 aromatic heterocycles. The Labute approximate surface area is 133 Å². The molecule has 0 spiro atoms. The van der Waals surface area contributed by atoms with Crippen LogP contribution in [0, 0.1) is 0 Å². The Morgan fingerprint density at radius 3 is 2.68 bits per heavy atom. The predicted molar refractivity (Wildman–Crippen MR) is 88.2 cm³/mol. The maximum atomic E-state index is 12.0. The van der Waals surface area contributed by atoms with Crippen LogP contribution in [0.2, 0.25) is 0 Å². The van der Waals surface area contributed by atoms with E-state index in [9.17, 15) is 9.00 Å². The highest BCUT2D eigenvalue weighted by Gasteiger charge is 2.12. The molecule has 0 aliphatic carbocycles. The first kappa shape index (κ1) is 16.4. The van der Waals surface area contributed by atoms with Crippen LogP contribution in [0.1, 0.15) is 41.5 Å². The zero-order chi connectivity index (χ0) is 15.9. The van der Waals surface area contributed by atoms with Crippen molar-refractivity contribution in [3.8, 4) is 0 Å². The van der Waals surface area contributed by atoms with Gasteiger partial charge in [0, 0.05) is 34.5 Å². The van der Waals surface area contributed by atoms with Gasteiger partial charge < -0.3 is 5.32 Å². The summed E-state index contributed by atoms with van der Waals surface area (Å²) in [6, 6.07) is 11.4. The summed E-state index contributed by atoms with van der Waals surface area (Å²) in [7, 11) is -0.989. The summed E-state index contributed by atoms with van der Waals surface area (Å²) in [5, 5.41) is 9.59. The monoisotopic (exact) mass is 319 g/mol. The summed E-state index contributed by atoms with van der Waals surface area (Å²) in [6.07, 6.45) is 0. The van der Waals surface area contributed by atoms with Crippen molar-refractivity contribution >= 4 is 16.7 Å². The van der Waals surface area contributed by atoms with Crippen LogP contribution in [0.3, 0.4) is 0 Å². The van der Waals surface area contributed by atoms with Crippen LogP contribution in [-0.2, 0) is 16.6 Å². The van der Waals surface area contributed by atoms with E-state index >= 15 is 0 Å². The first-order valence-corrected chi connectivity index (χ1v) is 8.77. The van der Waals surface area contributed by atoms with E-state index in [0.29, 0.717) is 29.7 Å². The quantitative estimate of drug-likeness (QED) is 0.821. The van der Waals surface area contributed by atoms with Crippen molar-refractivity contribution in [2.45, 2.75) is 25.5 Å². The summed E-state index contributed by atoms with van der Waals surface area (Å²) in [5.74, 6) is 1.01. The molecular formula is C16H21N3O2S. The first-order valence-electron chi connectivity index (χ1n) is 7.28. The fraction of sp³-hybridized carbons (Fsp3) is 0.375. The number of H-pyrrole nitrogens is 1. The van der Waals surface area contributed by atoms with E-state index in [2.05, 4.69) is 15.5 Å². The van der Waals surface area contributed by atoms with Crippen LogP contribution >= 0.6 is 0 Å². The third-order valence-electron chi connectivity index (χ3n) is 3.24. The van der Waals surface area contributed by atoms with Crippen molar-refractivity contribution in [3.63, 3.8) is 0 Å². The fourth-order valence-corrected chi connectivity index (χ4v) is 2.99. The Morgan fingerprint density at radius 1 is 1.32 bits per heavy atom. The standard InChI is InChI=1S/C16H21N3O2S/c1-12(2)14-10-15(19-18-14)16(20)17-8-9-22(21)11-13-6-4-3-5-7-13/h3-7,10,12H,8-9,11H2,1-2H3,(H,17,20)(H,18,19)/t22-/m1/s1. The van der Waals surface area contributed by atoms with E-state index < -0.39 is 10.8 Å². The molecule has 0 saturated carbocycles. The van der Waals surface area contributed by atoms with Gasteiger partial charge in [0.15, 0.2) is 0 Å². The van der Waals surface area contributed by atoms with E-state index in [-0.39, 0.29) is 5.91 Å². The van der Waals surface area contributed by atoms with Crippen LogP contribution in [0.4, 0.5) is 0 Å². The lowest BCUT2D eigenvalue weighted by molar-refractivity contribution is 0.0951. The topological polar surface area (TPSA) is 74.8 Å². The minimum Gasteiger partial charge on any atom is -0.350 e. The number of nitrogens with one attached hydrogen (secondary N) is 2. The lowest BCUT2D eigenvalue weighted by atomic mass is 10.1. The van der Waals surface area contributed by atoms with Crippen molar-refractivity contribution in [1.29, 1.82) is 0 Å². The van der Waals surface area contributed by atoms with Gasteiger partial charge in [-0.1, -0.05) is 44.2 Å². The molecule has 0 aliphatic heterocycles. The number of amides is 1. The lowest BCUT2D eigenvalue weighted by Gasteiger charge is -2.04. The highest BCUT2D eigenvalue weighted by molar-refractivity contribution is 7.84. The maximum Gasteiger partial charge on any atom is 0.271 e. The zero-order valence-electron chi connectivity index (χ0n) is 12.8. The molecule has 6 heteroatoms. The van der Waals surface area contributed by atoms with Gasteiger partial charge in [-0.2, -0.15) is 5.10 Å². The molecule has 5 nitrogen and oxygen atoms in total. The maximum absolute atomic E-state index is 12.0. The second-order valence-corrected chi connectivity index (χ2v) is 6.97. The minimum atomic E-state index is -0.989. The van der Waals surface area contributed by atoms with Gasteiger partial charge in [0.25, 0.3) is 5.91 Å². The molecule has 0 radical (unpaired) electrons. The van der Waals surface area contributed by atoms with Crippen molar-refractivity contribution < 1.29 is 9.00 Å². The molecule has 0 fully saturated rings. The van der Waals surface area contributed by atoms with Crippen molar-refractivity contribution in [2.75, 3.05) is 12.3 Å². The summed E-state index contributed by atoms with van der Waals surface area (Å²) in [5.41, 5.74) is 2.34. The average Bonchev–Trinajstić information content (AvgIpc) is 2.98. The predicted octanol–water partition coefficient (Wildman–Crippen LogP) is 2.21. The molecule has 22 heavy (non-hydrogen) atoms. The molecule has 2 aromatic rings. The molecule has 0 bridgehead atoms. The smallest absolute Gasteiger partial charge is 0.271 e. The Morgan fingerprint density at radius 2 is 2.05 bits per heavy atom. The minimum absolute atomic E-state index is 0.236. The van der Waals surface area contributed by atoms with Gasteiger partial charge >= 0.3 is 0 Å². The third kappa shape index (κ3) is 4.80. The van der Waals surface area contributed by atoms with Gasteiger partial charge in [-0.3, -0.25) is 14.1 Å². The summed E-state index contributed by atoms with van der Waals surface area (Å²) in [6.45, 7) is 4.44. The largest absolute Gasteiger partial charge is 0.350 e. The number of aromatic nitrogens is 2. The van der Waals surface area contributed by atoms with E-state index in [4.69, 9.17) is 0 Å². The van der Waals surface area contributed by atoms with Crippen molar-refractivity contribution in [1.82, 2.24) is 15.5 Å². The number of carbonyl (C=O) groups is 1. The summed E-state index contributed by atoms with van der Waals surface area (Å²) in [4.78, 5) is 11.9. The van der Waals surface area contributed by atoms with Gasteiger partial charge in [0.05, 0.1) is 0 Å². The van der Waals surface area contributed by atoms with E-state index in [1.165, 1.54) is 0 Å². The average molecular weight is 319 g/mol. The lowest BCUT2D eigenvalue weighted by Crippen LogP contribution is -2.28. The third-order valence-corrected chi connectivity index (χ3v) is 4.55. The Kier molecular flexibility index (Phi) is 5.89. The normalized spacial score (nSPS) is 12.3. The molecular weight excluding hydrogens is 298 g/mol. The Balaban J connectivity index is 1.75. The molecule has 118 valence electrons. The summed E-state index contributed by atoms with van der Waals surface area (Å²) < 4.78 is 12.0. The number of hydrogen-bond donors (Lipinski definition) is 2. The molecule has 2 rings (SSSR count). The van der Waals surface area contributed by atoms with Crippen LogP contribution in [0.15, 0.2) is 36.4 Å². The number of benzene rings is 1. The SMILES string of the molecule is CC(C)c1cc(C(=O)NCC[S@@](=O)Cc2ccccc2)n[nH]1. The first-order chi connectivity index (χ1) is 10.6. The van der Waals surface area contributed by atoms with Gasteiger partial charge in [-0.05, 0) is 17.5 Å². The molecule has 0 saturated heterocycles. The molecule has 0 unspecified atom stereocenters. The number of nitrogens with zero attached hydrogens (tertiary/aromatic N) is 1.